The molecule has 0 radical (unpaired) electrons. The van der Waals surface area contributed by atoms with Crippen molar-refractivity contribution in [3.05, 3.63) is 41.7 Å². The largest absolute Gasteiger partial charge is 0.454 e. The Morgan fingerprint density at radius 2 is 2.00 bits per heavy atom. The first-order valence-corrected chi connectivity index (χ1v) is 7.96. The number of nitrogens with one attached hydrogen (secondary N) is 1. The van der Waals surface area contributed by atoms with Crippen LogP contribution < -0.4 is 14.8 Å². The number of aromatic nitrogens is 2. The molecule has 0 fully saturated rings. The van der Waals surface area contributed by atoms with Crippen LogP contribution >= 0.6 is 0 Å². The van der Waals surface area contributed by atoms with Crippen molar-refractivity contribution in [1.82, 2.24) is 14.9 Å². The van der Waals surface area contributed by atoms with Crippen molar-refractivity contribution >= 4 is 11.9 Å². The second kappa shape index (κ2) is 7.16. The van der Waals surface area contributed by atoms with E-state index >= 15 is 0 Å². The molecule has 2 heterocycles. The highest BCUT2D eigenvalue weighted by molar-refractivity contribution is 5.92. The van der Waals surface area contributed by atoms with Crippen LogP contribution in [0, 0.1) is 0 Å². The summed E-state index contributed by atoms with van der Waals surface area (Å²) < 4.78 is 10.7. The molecule has 1 aromatic carbocycles. The quantitative estimate of drug-likeness (QED) is 0.877. The van der Waals surface area contributed by atoms with Gasteiger partial charge in [0.2, 0.25) is 12.7 Å². The fourth-order valence-electron chi connectivity index (χ4n) is 2.47. The number of amides is 1. The third-order valence-corrected chi connectivity index (χ3v) is 3.81. The van der Waals surface area contributed by atoms with E-state index in [1.807, 2.05) is 32.0 Å². The molecule has 1 aliphatic heterocycles. The maximum Gasteiger partial charge on any atom is 0.272 e. The normalized spacial score (nSPS) is 12.1. The number of ether oxygens (including phenoxy) is 2. The van der Waals surface area contributed by atoms with E-state index in [0.29, 0.717) is 31.3 Å². The highest BCUT2D eigenvalue weighted by atomic mass is 16.7. The van der Waals surface area contributed by atoms with E-state index < -0.39 is 0 Å². The molecule has 0 unspecified atom stereocenters. The zero-order valence-corrected chi connectivity index (χ0v) is 13.8. The molecular formula is C17H20N4O3. The molecule has 3 rings (SSSR count). The predicted octanol–water partition coefficient (Wildman–Crippen LogP) is 2.30. The van der Waals surface area contributed by atoms with Gasteiger partial charge in [0.1, 0.15) is 5.69 Å². The molecular weight excluding hydrogens is 308 g/mol. The van der Waals surface area contributed by atoms with Gasteiger partial charge in [-0.2, -0.15) is 0 Å². The van der Waals surface area contributed by atoms with Crippen molar-refractivity contribution in [2.75, 3.05) is 25.2 Å². The Labute approximate surface area is 140 Å². The first-order chi connectivity index (χ1) is 11.7. The van der Waals surface area contributed by atoms with E-state index in [0.717, 1.165) is 17.1 Å². The average molecular weight is 328 g/mol. The summed E-state index contributed by atoms with van der Waals surface area (Å²) in [6.45, 7) is 5.98. The van der Waals surface area contributed by atoms with Crippen LogP contribution in [0.5, 0.6) is 11.5 Å². The molecule has 24 heavy (non-hydrogen) atoms. The number of hydrogen-bond donors (Lipinski definition) is 1. The summed E-state index contributed by atoms with van der Waals surface area (Å²) >= 11 is 0. The maximum absolute atomic E-state index is 12.3. The molecule has 1 amide bonds. The molecule has 7 heteroatoms. The lowest BCUT2D eigenvalue weighted by atomic mass is 10.2. The van der Waals surface area contributed by atoms with Crippen LogP contribution in [0.15, 0.2) is 30.5 Å². The summed E-state index contributed by atoms with van der Waals surface area (Å²) in [6, 6.07) is 7.37. The van der Waals surface area contributed by atoms with Crippen LogP contribution in [-0.4, -0.2) is 40.7 Å². The van der Waals surface area contributed by atoms with E-state index in [9.17, 15) is 4.79 Å². The van der Waals surface area contributed by atoms with Crippen molar-refractivity contribution < 1.29 is 14.3 Å². The van der Waals surface area contributed by atoms with Crippen LogP contribution in [0.1, 0.15) is 29.9 Å². The Kier molecular flexibility index (Phi) is 4.79. The first-order valence-electron chi connectivity index (χ1n) is 7.96. The van der Waals surface area contributed by atoms with E-state index in [1.165, 1.54) is 0 Å². The zero-order valence-electron chi connectivity index (χ0n) is 13.8. The number of nitrogens with zero attached hydrogens (tertiary/aromatic N) is 3. The molecule has 126 valence electrons. The zero-order chi connectivity index (χ0) is 16.9. The lowest BCUT2D eigenvalue weighted by Gasteiger charge is -2.18. The van der Waals surface area contributed by atoms with Crippen LogP contribution in [0.2, 0.25) is 0 Å². The summed E-state index contributed by atoms with van der Waals surface area (Å²) in [7, 11) is 0. The van der Waals surface area contributed by atoms with Gasteiger partial charge in [0.15, 0.2) is 11.5 Å². The minimum Gasteiger partial charge on any atom is -0.454 e. The molecule has 0 bridgehead atoms. The first kappa shape index (κ1) is 16.0. The summed E-state index contributed by atoms with van der Waals surface area (Å²) in [4.78, 5) is 22.5. The fourth-order valence-corrected chi connectivity index (χ4v) is 2.47. The van der Waals surface area contributed by atoms with Crippen molar-refractivity contribution in [1.29, 1.82) is 0 Å². The Bertz CT molecular complexity index is 732. The molecule has 0 saturated heterocycles. The van der Waals surface area contributed by atoms with Gasteiger partial charge >= 0.3 is 0 Å². The summed E-state index contributed by atoms with van der Waals surface area (Å²) in [5.41, 5.74) is 1.41. The third-order valence-electron chi connectivity index (χ3n) is 3.81. The summed E-state index contributed by atoms with van der Waals surface area (Å²) in [6.07, 6.45) is 1.59. The van der Waals surface area contributed by atoms with Crippen LogP contribution in [0.4, 0.5) is 5.95 Å². The highest BCUT2D eigenvalue weighted by Crippen LogP contribution is 2.32. The second-order valence-corrected chi connectivity index (χ2v) is 5.28. The van der Waals surface area contributed by atoms with Gasteiger partial charge in [-0.1, -0.05) is 6.07 Å². The lowest BCUT2D eigenvalue weighted by Crippen LogP contribution is -2.31. The van der Waals surface area contributed by atoms with Crippen molar-refractivity contribution in [3.8, 4) is 11.5 Å². The van der Waals surface area contributed by atoms with Crippen molar-refractivity contribution in [3.63, 3.8) is 0 Å². The SMILES string of the molecule is CCN(CC)C(=O)c1ccnc(NCc2ccc3c(c2)OCO3)n1. The van der Waals surface area contributed by atoms with Gasteiger partial charge in [-0.3, -0.25) is 4.79 Å². The third kappa shape index (κ3) is 3.40. The Hall–Kier alpha value is -2.83. The van der Waals surface area contributed by atoms with E-state index in [2.05, 4.69) is 15.3 Å². The van der Waals surface area contributed by atoms with Crippen molar-refractivity contribution in [2.45, 2.75) is 20.4 Å². The smallest absolute Gasteiger partial charge is 0.272 e. The lowest BCUT2D eigenvalue weighted by molar-refractivity contribution is 0.0767. The number of benzene rings is 1. The summed E-state index contributed by atoms with van der Waals surface area (Å²) in [5.74, 6) is 1.82. The Morgan fingerprint density at radius 3 is 2.79 bits per heavy atom. The van der Waals surface area contributed by atoms with Gasteiger partial charge < -0.3 is 19.7 Å². The minimum atomic E-state index is -0.0893. The standard InChI is InChI=1S/C17H20N4O3/c1-3-21(4-2)16(22)13-7-8-18-17(20-13)19-10-12-5-6-14-15(9-12)24-11-23-14/h5-9H,3-4,10-11H2,1-2H3,(H,18,19,20). The number of hydrogen-bond acceptors (Lipinski definition) is 6. The summed E-state index contributed by atoms with van der Waals surface area (Å²) in [5, 5.41) is 3.13. The van der Waals surface area contributed by atoms with E-state index in [4.69, 9.17) is 9.47 Å². The number of carbonyl (C=O) groups excluding carboxylic acids is 1. The Balaban J connectivity index is 1.67. The fraction of sp³-hybridized carbons (Fsp3) is 0.353. The van der Waals surface area contributed by atoms with Crippen LogP contribution in [-0.2, 0) is 6.54 Å². The molecule has 0 atom stereocenters. The number of rotatable bonds is 6. The number of fused-ring (bicyclic) bond motifs is 1. The molecule has 2 aromatic rings. The van der Waals surface area contributed by atoms with E-state index in [1.54, 1.807) is 17.2 Å². The van der Waals surface area contributed by atoms with Gasteiger partial charge in [0.25, 0.3) is 5.91 Å². The van der Waals surface area contributed by atoms with Crippen LogP contribution in [0.3, 0.4) is 0 Å². The maximum atomic E-state index is 12.3. The monoisotopic (exact) mass is 328 g/mol. The van der Waals surface area contributed by atoms with Gasteiger partial charge in [-0.15, -0.1) is 0 Å². The van der Waals surface area contributed by atoms with Gasteiger partial charge in [-0.05, 0) is 37.6 Å². The Morgan fingerprint density at radius 1 is 1.21 bits per heavy atom. The molecule has 1 N–H and O–H groups in total. The molecule has 7 nitrogen and oxygen atoms in total. The van der Waals surface area contributed by atoms with Crippen molar-refractivity contribution in [2.24, 2.45) is 0 Å². The van der Waals surface area contributed by atoms with Crippen LogP contribution in [0.25, 0.3) is 0 Å². The molecule has 1 aliphatic rings. The van der Waals surface area contributed by atoms with Gasteiger partial charge in [0, 0.05) is 25.8 Å². The molecule has 1 aromatic heterocycles. The van der Waals surface area contributed by atoms with Gasteiger partial charge in [0.05, 0.1) is 0 Å². The number of anilines is 1. The molecule has 0 aliphatic carbocycles. The number of carbonyl (C=O) groups is 1. The average Bonchev–Trinajstić information content (AvgIpc) is 3.09. The molecule has 0 saturated carbocycles. The van der Waals surface area contributed by atoms with E-state index in [-0.39, 0.29) is 12.7 Å². The minimum absolute atomic E-state index is 0.0893. The highest BCUT2D eigenvalue weighted by Gasteiger charge is 2.15. The second-order valence-electron chi connectivity index (χ2n) is 5.28. The predicted molar refractivity (Wildman–Crippen MR) is 89.2 cm³/mol. The van der Waals surface area contributed by atoms with Gasteiger partial charge in [-0.25, -0.2) is 9.97 Å². The topological polar surface area (TPSA) is 76.6 Å². The molecule has 0 spiro atoms.